The Morgan fingerprint density at radius 2 is 2.00 bits per heavy atom. The topological polar surface area (TPSA) is 83.8 Å². The molecule has 13 heavy (non-hydrogen) atoms. The van der Waals surface area contributed by atoms with E-state index in [4.69, 9.17) is 10.2 Å². The third kappa shape index (κ3) is 6.01. The molecule has 0 bridgehead atoms. The molecule has 0 rings (SSSR count). The maximum absolute atomic E-state index is 11.1. The van der Waals surface area contributed by atoms with Gasteiger partial charge in [-0.2, -0.15) is 8.42 Å². The molecular weight excluding hydrogens is 207 g/mol. The number of aliphatic hydroxyl groups is 2. The first-order valence-electron chi connectivity index (χ1n) is 3.68. The van der Waals surface area contributed by atoms with E-state index in [-0.39, 0.29) is 50.6 Å². The molecule has 0 spiro atoms. The molecule has 0 saturated carbocycles. The van der Waals surface area contributed by atoms with Crippen molar-refractivity contribution in [3.05, 3.63) is 0 Å². The van der Waals surface area contributed by atoms with Crippen LogP contribution < -0.4 is 29.6 Å². The van der Waals surface area contributed by atoms with Crippen LogP contribution in [0.25, 0.3) is 0 Å². The first-order chi connectivity index (χ1) is 5.58. The molecule has 0 aromatic rings. The summed E-state index contributed by atoms with van der Waals surface area (Å²) in [7, 11) is -3.69. The maximum Gasteiger partial charge on any atom is 1.00 e. The average molecular weight is 222 g/mol. The molecule has 76 valence electrons. The van der Waals surface area contributed by atoms with E-state index in [9.17, 15) is 8.42 Å². The van der Waals surface area contributed by atoms with E-state index >= 15 is 0 Å². The fourth-order valence-electron chi connectivity index (χ4n) is 0.731. The summed E-state index contributed by atoms with van der Waals surface area (Å²) in [6.45, 7) is 0.787. The zero-order valence-corrected chi connectivity index (χ0v) is 10.7. The third-order valence-corrected chi connectivity index (χ3v) is 3.11. The van der Waals surface area contributed by atoms with Crippen LogP contribution in [0, 0.1) is 0 Å². The normalized spacial score (nSPS) is 13.5. The summed E-state index contributed by atoms with van der Waals surface area (Å²) in [4.78, 5) is 0. The minimum Gasteiger partial charge on any atom is -1.00 e. The molecule has 1 unspecified atom stereocenters. The summed E-state index contributed by atoms with van der Waals surface area (Å²) in [5, 5.41) is 16.1. The fourth-order valence-corrected chi connectivity index (χ4v) is 1.83. The van der Waals surface area contributed by atoms with Crippen molar-refractivity contribution in [1.29, 1.82) is 0 Å². The van der Waals surface area contributed by atoms with E-state index in [2.05, 4.69) is 4.18 Å². The van der Waals surface area contributed by atoms with E-state index in [0.717, 1.165) is 0 Å². The van der Waals surface area contributed by atoms with Gasteiger partial charge < -0.3 is 11.6 Å². The van der Waals surface area contributed by atoms with E-state index < -0.39 is 22.0 Å². The van der Waals surface area contributed by atoms with E-state index in [1.54, 1.807) is 6.92 Å². The predicted molar refractivity (Wildman–Crippen MR) is 44.2 cm³/mol. The van der Waals surface area contributed by atoms with Gasteiger partial charge in [0.15, 0.2) is 0 Å². The van der Waals surface area contributed by atoms with Gasteiger partial charge in [0.2, 0.25) is 0 Å². The van der Waals surface area contributed by atoms with Crippen LogP contribution in [-0.2, 0) is 14.3 Å². The van der Waals surface area contributed by atoms with Crippen molar-refractivity contribution in [2.45, 2.75) is 18.6 Å². The second kappa shape index (κ2) is 8.16. The van der Waals surface area contributed by atoms with E-state index in [1.807, 2.05) is 0 Å². The fraction of sp³-hybridized carbons (Fsp3) is 1.00. The molecule has 5 nitrogen and oxygen atoms in total. The minimum atomic E-state index is -3.69. The van der Waals surface area contributed by atoms with Crippen LogP contribution >= 0.6 is 0 Å². The molecular formula is C6H15NaO5S. The van der Waals surface area contributed by atoms with Gasteiger partial charge in [0.05, 0.1) is 13.2 Å². The zero-order chi connectivity index (χ0) is 9.61. The van der Waals surface area contributed by atoms with Gasteiger partial charge >= 0.3 is 29.6 Å². The molecule has 0 amide bonds. The smallest absolute Gasteiger partial charge is 1.00 e. The molecule has 2 N–H and O–H groups in total. The second-order valence-electron chi connectivity index (χ2n) is 2.22. The Bertz CT molecular complexity index is 208. The van der Waals surface area contributed by atoms with Gasteiger partial charge in [-0.1, -0.05) is 0 Å². The van der Waals surface area contributed by atoms with Crippen molar-refractivity contribution in [3.8, 4) is 0 Å². The Morgan fingerprint density at radius 3 is 2.31 bits per heavy atom. The van der Waals surface area contributed by atoms with Crippen molar-refractivity contribution < 1.29 is 53.8 Å². The van der Waals surface area contributed by atoms with Gasteiger partial charge in [-0.3, -0.25) is 4.18 Å². The summed E-state index contributed by atoms with van der Waals surface area (Å²) in [5.74, 6) is 0. The first-order valence-corrected chi connectivity index (χ1v) is 5.15. The monoisotopic (exact) mass is 222 g/mol. The van der Waals surface area contributed by atoms with Gasteiger partial charge in [-0.25, -0.2) is 0 Å². The largest absolute Gasteiger partial charge is 1.00 e. The SMILES string of the molecule is CCOS(=O)(=O)C(CO)CCO.[H-].[Na+]. The van der Waals surface area contributed by atoms with Gasteiger partial charge in [0, 0.05) is 6.61 Å². The summed E-state index contributed by atoms with van der Waals surface area (Å²) in [5.41, 5.74) is 0. The van der Waals surface area contributed by atoms with Gasteiger partial charge in [-0.05, 0) is 13.3 Å². The van der Waals surface area contributed by atoms with Crippen molar-refractivity contribution in [2.75, 3.05) is 19.8 Å². The van der Waals surface area contributed by atoms with E-state index in [0.29, 0.717) is 0 Å². The van der Waals surface area contributed by atoms with Crippen LogP contribution in [0.1, 0.15) is 14.8 Å². The molecule has 7 heteroatoms. The number of hydrogen-bond donors (Lipinski definition) is 2. The summed E-state index contributed by atoms with van der Waals surface area (Å²) in [6.07, 6.45) is -0.00116. The molecule has 0 aromatic carbocycles. The van der Waals surface area contributed by atoms with Crippen molar-refractivity contribution in [1.82, 2.24) is 0 Å². The van der Waals surface area contributed by atoms with Crippen LogP contribution in [0.4, 0.5) is 0 Å². The molecule has 0 fully saturated rings. The van der Waals surface area contributed by atoms with Crippen molar-refractivity contribution in [2.24, 2.45) is 0 Å². The quantitative estimate of drug-likeness (QED) is 0.356. The van der Waals surface area contributed by atoms with Crippen LogP contribution in [0.15, 0.2) is 0 Å². The van der Waals surface area contributed by atoms with Crippen LogP contribution in [0.5, 0.6) is 0 Å². The van der Waals surface area contributed by atoms with Crippen LogP contribution in [0.2, 0.25) is 0 Å². The summed E-state index contributed by atoms with van der Waals surface area (Å²) >= 11 is 0. The van der Waals surface area contributed by atoms with E-state index in [1.165, 1.54) is 0 Å². The Balaban J connectivity index is -0.000000605. The Kier molecular flexibility index (Phi) is 10.2. The maximum atomic E-state index is 11.1. The molecule has 0 aliphatic rings. The molecule has 0 aliphatic heterocycles. The number of rotatable bonds is 6. The van der Waals surface area contributed by atoms with Crippen LogP contribution in [0.3, 0.4) is 0 Å². The summed E-state index contributed by atoms with van der Waals surface area (Å²) < 4.78 is 26.6. The first kappa shape index (κ1) is 16.3. The van der Waals surface area contributed by atoms with Crippen LogP contribution in [-0.4, -0.2) is 43.7 Å². The minimum absolute atomic E-state index is 0. The summed E-state index contributed by atoms with van der Waals surface area (Å²) in [6, 6.07) is 0. The Morgan fingerprint density at radius 1 is 1.46 bits per heavy atom. The average Bonchev–Trinajstić information content (AvgIpc) is 1.99. The standard InChI is InChI=1S/C6H14O5S.Na.H/c1-2-11-12(9,10)6(5-8)3-4-7;;/h6-8H,2-5H2,1H3;;/q;+1;-1. The molecule has 0 aliphatic carbocycles. The molecule has 0 radical (unpaired) electrons. The van der Waals surface area contributed by atoms with Crippen molar-refractivity contribution >= 4 is 10.1 Å². The van der Waals surface area contributed by atoms with Gasteiger partial charge in [-0.15, -0.1) is 0 Å². The molecule has 0 heterocycles. The Hall–Kier alpha value is 0.830. The molecule has 0 saturated heterocycles. The third-order valence-electron chi connectivity index (χ3n) is 1.35. The Labute approximate surface area is 102 Å². The van der Waals surface area contributed by atoms with Gasteiger partial charge in [0.1, 0.15) is 5.25 Å². The zero-order valence-electron chi connectivity index (χ0n) is 8.93. The number of aliphatic hydroxyl groups excluding tert-OH is 2. The molecule has 0 aromatic heterocycles. The second-order valence-corrected chi connectivity index (χ2v) is 4.10. The predicted octanol–water partition coefficient (Wildman–Crippen LogP) is -3.79. The molecule has 1 atom stereocenters. The van der Waals surface area contributed by atoms with Crippen molar-refractivity contribution in [3.63, 3.8) is 0 Å². The number of hydrogen-bond acceptors (Lipinski definition) is 5. The van der Waals surface area contributed by atoms with Gasteiger partial charge in [0.25, 0.3) is 10.1 Å².